The molecule has 1 rings (SSSR count). The molecule has 1 aromatic carbocycles. The van der Waals surface area contributed by atoms with Crippen LogP contribution in [0.2, 0.25) is 0 Å². The maximum atomic E-state index is 12.7. The molecule has 1 aromatic rings. The van der Waals surface area contributed by atoms with Crippen molar-refractivity contribution in [3.63, 3.8) is 0 Å². The number of hydrogen-bond acceptors (Lipinski definition) is 1. The molecule has 0 unspecified atom stereocenters. The van der Waals surface area contributed by atoms with Gasteiger partial charge in [0.25, 0.3) is 0 Å². The van der Waals surface area contributed by atoms with Crippen LogP contribution in [0.1, 0.15) is 17.5 Å². The molecule has 0 heterocycles. The number of hydrogen-bond donors (Lipinski definition) is 1. The summed E-state index contributed by atoms with van der Waals surface area (Å²) in [6.45, 7) is 0.744. The average molecular weight is 308 g/mol. The fourth-order valence-corrected chi connectivity index (χ4v) is 1.72. The Morgan fingerprint density at radius 2 is 2.06 bits per heavy atom. The standard InChI is InChI=1S/C12H13BrF3N/c1-17-7-3-2-4-9-5-6-10(13)8-11(9)12(14,15)16/h2,4-6,8,17H,3,7H2,1H3. The van der Waals surface area contributed by atoms with E-state index in [4.69, 9.17) is 0 Å². The van der Waals surface area contributed by atoms with Gasteiger partial charge in [-0.1, -0.05) is 34.1 Å². The number of rotatable bonds is 4. The first-order chi connectivity index (χ1) is 7.95. The second-order valence-electron chi connectivity index (χ2n) is 3.52. The molecule has 1 nitrogen and oxygen atoms in total. The summed E-state index contributed by atoms with van der Waals surface area (Å²) in [4.78, 5) is 0. The Bertz CT molecular complexity index is 399. The second-order valence-corrected chi connectivity index (χ2v) is 4.44. The lowest BCUT2D eigenvalue weighted by atomic mass is 10.1. The van der Waals surface area contributed by atoms with Crippen LogP contribution >= 0.6 is 15.9 Å². The molecule has 0 radical (unpaired) electrons. The predicted molar refractivity (Wildman–Crippen MR) is 66.7 cm³/mol. The molecule has 94 valence electrons. The summed E-state index contributed by atoms with van der Waals surface area (Å²) in [5.41, 5.74) is -0.426. The third-order valence-corrected chi connectivity index (χ3v) is 2.67. The molecule has 1 N–H and O–H groups in total. The van der Waals surface area contributed by atoms with Crippen LogP contribution < -0.4 is 5.32 Å². The minimum Gasteiger partial charge on any atom is -0.319 e. The molecule has 17 heavy (non-hydrogen) atoms. The van der Waals surface area contributed by atoms with Gasteiger partial charge in [0.05, 0.1) is 5.56 Å². The largest absolute Gasteiger partial charge is 0.417 e. The highest BCUT2D eigenvalue weighted by atomic mass is 79.9. The van der Waals surface area contributed by atoms with E-state index in [9.17, 15) is 13.2 Å². The minimum absolute atomic E-state index is 0.191. The Balaban J connectivity index is 2.95. The van der Waals surface area contributed by atoms with Gasteiger partial charge in [-0.25, -0.2) is 0 Å². The lowest BCUT2D eigenvalue weighted by Gasteiger charge is -2.10. The van der Waals surface area contributed by atoms with E-state index in [1.165, 1.54) is 12.1 Å². The molecular formula is C12H13BrF3N. The number of alkyl halides is 3. The first-order valence-electron chi connectivity index (χ1n) is 5.13. The molecule has 0 atom stereocenters. The van der Waals surface area contributed by atoms with Crippen molar-refractivity contribution in [3.8, 4) is 0 Å². The summed E-state index contributed by atoms with van der Waals surface area (Å²) in [5.74, 6) is 0. The van der Waals surface area contributed by atoms with Crippen molar-refractivity contribution in [1.29, 1.82) is 0 Å². The van der Waals surface area contributed by atoms with E-state index in [1.807, 2.05) is 0 Å². The fourth-order valence-electron chi connectivity index (χ4n) is 1.36. The lowest BCUT2D eigenvalue weighted by molar-refractivity contribution is -0.137. The van der Waals surface area contributed by atoms with Crippen molar-refractivity contribution >= 4 is 22.0 Å². The first kappa shape index (κ1) is 14.3. The highest BCUT2D eigenvalue weighted by Gasteiger charge is 2.32. The Labute approximate surface area is 107 Å². The number of nitrogens with one attached hydrogen (secondary N) is 1. The summed E-state index contributed by atoms with van der Waals surface area (Å²) in [7, 11) is 1.80. The molecule has 0 amide bonds. The fraction of sp³-hybridized carbons (Fsp3) is 0.333. The zero-order valence-corrected chi connectivity index (χ0v) is 10.9. The lowest BCUT2D eigenvalue weighted by Crippen LogP contribution is -2.07. The highest BCUT2D eigenvalue weighted by Crippen LogP contribution is 2.34. The van der Waals surface area contributed by atoms with Crippen LogP contribution in [0.5, 0.6) is 0 Å². The second kappa shape index (κ2) is 6.21. The number of halogens is 4. The van der Waals surface area contributed by atoms with E-state index in [0.29, 0.717) is 10.9 Å². The third kappa shape index (κ3) is 4.52. The maximum Gasteiger partial charge on any atom is 0.417 e. The Morgan fingerprint density at radius 1 is 1.35 bits per heavy atom. The monoisotopic (exact) mass is 307 g/mol. The predicted octanol–water partition coefficient (Wildman–Crippen LogP) is 4.09. The van der Waals surface area contributed by atoms with Crippen LogP contribution in [-0.4, -0.2) is 13.6 Å². The molecule has 0 saturated carbocycles. The van der Waals surface area contributed by atoms with Crippen molar-refractivity contribution in [2.45, 2.75) is 12.6 Å². The van der Waals surface area contributed by atoms with Crippen LogP contribution in [0, 0.1) is 0 Å². The molecule has 0 aliphatic heterocycles. The van der Waals surface area contributed by atoms with Crippen LogP contribution in [0.4, 0.5) is 13.2 Å². The third-order valence-electron chi connectivity index (χ3n) is 2.18. The van der Waals surface area contributed by atoms with E-state index < -0.39 is 11.7 Å². The molecular weight excluding hydrogens is 295 g/mol. The Kier molecular flexibility index (Phi) is 5.21. The number of benzene rings is 1. The van der Waals surface area contributed by atoms with Gasteiger partial charge in [-0.2, -0.15) is 13.2 Å². The minimum atomic E-state index is -4.33. The van der Waals surface area contributed by atoms with Crippen LogP contribution in [-0.2, 0) is 6.18 Å². The van der Waals surface area contributed by atoms with Gasteiger partial charge in [0.1, 0.15) is 0 Å². The van der Waals surface area contributed by atoms with Gasteiger partial charge in [-0.15, -0.1) is 0 Å². The Hall–Kier alpha value is -0.810. The first-order valence-corrected chi connectivity index (χ1v) is 5.92. The van der Waals surface area contributed by atoms with Gasteiger partial charge in [0, 0.05) is 4.47 Å². The average Bonchev–Trinajstić information content (AvgIpc) is 2.25. The quantitative estimate of drug-likeness (QED) is 0.826. The molecule has 0 aromatic heterocycles. The van der Waals surface area contributed by atoms with Gasteiger partial charge in [0.15, 0.2) is 0 Å². The zero-order chi connectivity index (χ0) is 12.9. The van der Waals surface area contributed by atoms with Crippen molar-refractivity contribution in [1.82, 2.24) is 5.32 Å². The smallest absolute Gasteiger partial charge is 0.319 e. The summed E-state index contributed by atoms with van der Waals surface area (Å²) >= 11 is 3.05. The summed E-state index contributed by atoms with van der Waals surface area (Å²) < 4.78 is 38.6. The van der Waals surface area contributed by atoms with Gasteiger partial charge in [-0.3, -0.25) is 0 Å². The molecule has 0 fully saturated rings. The zero-order valence-electron chi connectivity index (χ0n) is 9.31. The molecule has 0 bridgehead atoms. The molecule has 0 aliphatic rings. The molecule has 0 saturated heterocycles. The van der Waals surface area contributed by atoms with Gasteiger partial charge in [-0.05, 0) is 37.7 Å². The molecule has 0 spiro atoms. The van der Waals surface area contributed by atoms with E-state index in [1.54, 1.807) is 19.2 Å². The summed E-state index contributed by atoms with van der Waals surface area (Å²) in [5, 5.41) is 2.93. The van der Waals surface area contributed by atoms with Crippen LogP contribution in [0.15, 0.2) is 28.7 Å². The highest BCUT2D eigenvalue weighted by molar-refractivity contribution is 9.10. The van der Waals surface area contributed by atoms with Gasteiger partial charge in [0.2, 0.25) is 0 Å². The van der Waals surface area contributed by atoms with Crippen molar-refractivity contribution in [3.05, 3.63) is 39.9 Å². The Morgan fingerprint density at radius 3 is 2.65 bits per heavy atom. The normalized spacial score (nSPS) is 12.3. The van der Waals surface area contributed by atoms with Crippen LogP contribution in [0.25, 0.3) is 6.08 Å². The van der Waals surface area contributed by atoms with E-state index in [0.717, 1.165) is 12.6 Å². The van der Waals surface area contributed by atoms with E-state index in [2.05, 4.69) is 21.2 Å². The summed E-state index contributed by atoms with van der Waals surface area (Å²) in [6, 6.07) is 4.16. The van der Waals surface area contributed by atoms with Crippen LogP contribution in [0.3, 0.4) is 0 Å². The van der Waals surface area contributed by atoms with Crippen molar-refractivity contribution in [2.24, 2.45) is 0 Å². The van der Waals surface area contributed by atoms with E-state index >= 15 is 0 Å². The maximum absolute atomic E-state index is 12.7. The SMILES string of the molecule is CNCCC=Cc1ccc(Br)cc1C(F)(F)F. The molecule has 0 aliphatic carbocycles. The van der Waals surface area contributed by atoms with Crippen molar-refractivity contribution < 1.29 is 13.2 Å². The van der Waals surface area contributed by atoms with Gasteiger partial charge < -0.3 is 5.32 Å². The topological polar surface area (TPSA) is 12.0 Å². The summed E-state index contributed by atoms with van der Waals surface area (Å²) in [6.07, 6.45) is -0.391. The molecule has 5 heteroatoms. The van der Waals surface area contributed by atoms with Crippen molar-refractivity contribution in [2.75, 3.05) is 13.6 Å². The van der Waals surface area contributed by atoms with Gasteiger partial charge >= 0.3 is 6.18 Å². The van der Waals surface area contributed by atoms with E-state index in [-0.39, 0.29) is 5.56 Å².